The number of imidazole rings is 1. The minimum Gasteiger partial charge on any atom is -0.394 e. The largest absolute Gasteiger partial charge is 0.394 e. The van der Waals surface area contributed by atoms with Gasteiger partial charge < -0.3 is 20.7 Å². The van der Waals surface area contributed by atoms with Crippen LogP contribution in [0, 0.1) is 0 Å². The van der Waals surface area contributed by atoms with Crippen LogP contribution in [-0.2, 0) is 4.74 Å². The summed E-state index contributed by atoms with van der Waals surface area (Å²) in [4.78, 5) is 21.5. The minimum atomic E-state index is -0.808. The highest BCUT2D eigenvalue weighted by molar-refractivity contribution is 5.81. The van der Waals surface area contributed by atoms with E-state index in [4.69, 9.17) is 15.6 Å². The van der Waals surface area contributed by atoms with Gasteiger partial charge in [-0.1, -0.05) is 0 Å². The van der Waals surface area contributed by atoms with Crippen molar-refractivity contribution in [1.29, 1.82) is 0 Å². The molecule has 1 aliphatic rings. The second-order valence-corrected chi connectivity index (χ2v) is 4.41. The van der Waals surface area contributed by atoms with Crippen molar-refractivity contribution in [2.24, 2.45) is 0 Å². The first kappa shape index (κ1) is 12.1. The molecule has 9 heteroatoms. The third-order valence-corrected chi connectivity index (χ3v) is 3.11. The maximum Gasteiger partial charge on any atom is 0.348 e. The number of ether oxygens (including phenoxy) is 1. The number of aliphatic hydroxyl groups is 2. The van der Waals surface area contributed by atoms with E-state index in [-0.39, 0.29) is 18.1 Å². The van der Waals surface area contributed by atoms with Crippen LogP contribution in [0.5, 0.6) is 0 Å². The summed E-state index contributed by atoms with van der Waals surface area (Å²) in [5.41, 5.74) is 5.62. The molecule has 5 N–H and O–H groups in total. The molecule has 1 fully saturated rings. The molecular weight excluding hydrogens is 254 g/mol. The second-order valence-electron chi connectivity index (χ2n) is 4.41. The lowest BCUT2D eigenvalue weighted by Crippen LogP contribution is -2.21. The number of anilines is 1. The predicted molar refractivity (Wildman–Crippen MR) is 64.2 cm³/mol. The monoisotopic (exact) mass is 267 g/mol. The first-order valence-electron chi connectivity index (χ1n) is 5.77. The zero-order valence-corrected chi connectivity index (χ0v) is 9.85. The number of H-pyrrole nitrogens is 1. The van der Waals surface area contributed by atoms with E-state index in [0.717, 1.165) is 0 Å². The number of aliphatic hydroxyl groups excluding tert-OH is 2. The van der Waals surface area contributed by atoms with Crippen LogP contribution in [0.2, 0.25) is 0 Å². The molecule has 0 spiro atoms. The van der Waals surface area contributed by atoms with E-state index in [9.17, 15) is 9.90 Å². The molecule has 3 rings (SSSR count). The first-order chi connectivity index (χ1) is 9.10. The van der Waals surface area contributed by atoms with Gasteiger partial charge in [-0.3, -0.25) is 9.55 Å². The van der Waals surface area contributed by atoms with Gasteiger partial charge in [0.05, 0.1) is 19.0 Å². The number of aromatic nitrogens is 4. The molecule has 0 aromatic carbocycles. The molecule has 0 saturated carbocycles. The lowest BCUT2D eigenvalue weighted by molar-refractivity contribution is -0.0487. The number of aromatic amines is 1. The standard InChI is InChI=1S/C10H13N5O4/c11-7-6-8(14-10(18)13-7)15(3-12-6)9-5(17)1-4(2-16)19-9/h3-5,9,16-17H,1-2H2,(H3,11,13,14,18)/t4-,5+,9+/m0/s1. The van der Waals surface area contributed by atoms with Crippen LogP contribution in [-0.4, -0.2) is 48.5 Å². The maximum absolute atomic E-state index is 11.3. The van der Waals surface area contributed by atoms with E-state index in [1.807, 2.05) is 0 Å². The predicted octanol–water partition coefficient (Wildman–Crippen LogP) is -1.66. The van der Waals surface area contributed by atoms with E-state index >= 15 is 0 Å². The topological polar surface area (TPSA) is 139 Å². The maximum atomic E-state index is 11.3. The van der Waals surface area contributed by atoms with Crippen molar-refractivity contribution in [3.63, 3.8) is 0 Å². The van der Waals surface area contributed by atoms with Crippen molar-refractivity contribution in [1.82, 2.24) is 19.5 Å². The van der Waals surface area contributed by atoms with Gasteiger partial charge in [0.1, 0.15) is 17.4 Å². The molecule has 9 nitrogen and oxygen atoms in total. The van der Waals surface area contributed by atoms with Gasteiger partial charge in [0.25, 0.3) is 0 Å². The Morgan fingerprint density at radius 2 is 2.42 bits per heavy atom. The molecule has 0 unspecified atom stereocenters. The van der Waals surface area contributed by atoms with Crippen molar-refractivity contribution in [3.8, 4) is 0 Å². The Labute approximate surface area is 106 Å². The summed E-state index contributed by atoms with van der Waals surface area (Å²) in [6.45, 7) is -0.184. The summed E-state index contributed by atoms with van der Waals surface area (Å²) >= 11 is 0. The SMILES string of the molecule is Nc1[nH]c(=O)nc2c1ncn2[C@@H]1O[C@H](CO)C[C@H]1O. The molecule has 2 aromatic heterocycles. The summed E-state index contributed by atoms with van der Waals surface area (Å²) < 4.78 is 6.93. The Morgan fingerprint density at radius 3 is 3.11 bits per heavy atom. The summed E-state index contributed by atoms with van der Waals surface area (Å²) in [6, 6.07) is 0. The lowest BCUT2D eigenvalue weighted by atomic mass is 10.2. The van der Waals surface area contributed by atoms with Crippen LogP contribution >= 0.6 is 0 Å². The third kappa shape index (κ3) is 1.87. The summed E-state index contributed by atoms with van der Waals surface area (Å²) in [6.07, 6.45) is -0.293. The number of nitrogen functional groups attached to an aromatic ring is 1. The fourth-order valence-corrected chi connectivity index (χ4v) is 2.24. The van der Waals surface area contributed by atoms with E-state index in [2.05, 4.69) is 15.0 Å². The summed E-state index contributed by atoms with van der Waals surface area (Å²) in [7, 11) is 0. The van der Waals surface area contributed by atoms with Crippen LogP contribution in [0.3, 0.4) is 0 Å². The van der Waals surface area contributed by atoms with Gasteiger partial charge >= 0.3 is 5.69 Å². The highest BCUT2D eigenvalue weighted by Crippen LogP contribution is 2.30. The first-order valence-corrected chi connectivity index (χ1v) is 5.77. The van der Waals surface area contributed by atoms with Crippen molar-refractivity contribution in [2.75, 3.05) is 12.3 Å². The van der Waals surface area contributed by atoms with Gasteiger partial charge in [-0.05, 0) is 0 Å². The van der Waals surface area contributed by atoms with Crippen LogP contribution in [0.1, 0.15) is 12.6 Å². The van der Waals surface area contributed by atoms with Crippen LogP contribution in [0.15, 0.2) is 11.1 Å². The molecular formula is C10H13N5O4. The van der Waals surface area contributed by atoms with Crippen LogP contribution in [0.25, 0.3) is 11.2 Å². The average molecular weight is 267 g/mol. The van der Waals surface area contributed by atoms with Crippen molar-refractivity contribution >= 4 is 17.0 Å². The highest BCUT2D eigenvalue weighted by atomic mass is 16.5. The Hall–Kier alpha value is -1.97. The molecule has 0 amide bonds. The molecule has 1 aliphatic heterocycles. The second kappa shape index (κ2) is 4.30. The quantitative estimate of drug-likeness (QED) is 0.510. The Morgan fingerprint density at radius 1 is 1.63 bits per heavy atom. The number of rotatable bonds is 2. The normalized spacial score (nSPS) is 27.2. The number of nitrogens with zero attached hydrogens (tertiary/aromatic N) is 3. The minimum absolute atomic E-state index is 0.111. The zero-order valence-electron chi connectivity index (χ0n) is 9.85. The molecule has 2 aromatic rings. The van der Waals surface area contributed by atoms with Crippen molar-refractivity contribution in [2.45, 2.75) is 24.9 Å². The van der Waals surface area contributed by atoms with Gasteiger partial charge in [-0.15, -0.1) is 0 Å². The molecule has 1 saturated heterocycles. The van der Waals surface area contributed by atoms with Crippen LogP contribution < -0.4 is 11.4 Å². The Kier molecular flexibility index (Phi) is 2.73. The fourth-order valence-electron chi connectivity index (χ4n) is 2.24. The molecule has 0 aliphatic carbocycles. The Bertz CT molecular complexity index is 665. The summed E-state index contributed by atoms with van der Waals surface area (Å²) in [5.74, 6) is 0.111. The highest BCUT2D eigenvalue weighted by Gasteiger charge is 2.35. The third-order valence-electron chi connectivity index (χ3n) is 3.11. The van der Waals surface area contributed by atoms with Gasteiger partial charge in [0, 0.05) is 6.42 Å². The molecule has 102 valence electrons. The summed E-state index contributed by atoms with van der Waals surface area (Å²) in [5, 5.41) is 19.0. The Balaban J connectivity index is 2.09. The van der Waals surface area contributed by atoms with Gasteiger partial charge in [-0.25, -0.2) is 9.78 Å². The number of nitrogens with two attached hydrogens (primary N) is 1. The van der Waals surface area contributed by atoms with Gasteiger partial charge in [-0.2, -0.15) is 4.98 Å². The van der Waals surface area contributed by atoms with E-state index < -0.39 is 24.1 Å². The smallest absolute Gasteiger partial charge is 0.348 e. The molecule has 3 heterocycles. The number of fused-ring (bicyclic) bond motifs is 1. The molecule has 0 radical (unpaired) electrons. The average Bonchev–Trinajstić information content (AvgIpc) is 2.92. The molecule has 0 bridgehead atoms. The van der Waals surface area contributed by atoms with Gasteiger partial charge in [0.15, 0.2) is 11.9 Å². The van der Waals surface area contributed by atoms with E-state index in [0.29, 0.717) is 11.9 Å². The van der Waals surface area contributed by atoms with Gasteiger partial charge in [0.2, 0.25) is 0 Å². The zero-order chi connectivity index (χ0) is 13.6. The molecule has 19 heavy (non-hydrogen) atoms. The number of hydrogen-bond acceptors (Lipinski definition) is 7. The molecule has 3 atom stereocenters. The van der Waals surface area contributed by atoms with Crippen molar-refractivity contribution in [3.05, 3.63) is 16.8 Å². The van der Waals surface area contributed by atoms with E-state index in [1.54, 1.807) is 0 Å². The fraction of sp³-hybridized carbons (Fsp3) is 0.500. The van der Waals surface area contributed by atoms with E-state index in [1.165, 1.54) is 10.9 Å². The van der Waals surface area contributed by atoms with Crippen LogP contribution in [0.4, 0.5) is 5.82 Å². The van der Waals surface area contributed by atoms with Crippen molar-refractivity contribution < 1.29 is 14.9 Å². The number of nitrogens with one attached hydrogen (secondary N) is 1. The lowest BCUT2D eigenvalue weighted by Gasteiger charge is -2.16. The number of hydrogen-bond donors (Lipinski definition) is 4.